The summed E-state index contributed by atoms with van der Waals surface area (Å²) >= 11 is 0. The first-order valence-electron chi connectivity index (χ1n) is 10.2. The van der Waals surface area contributed by atoms with Crippen molar-refractivity contribution in [1.82, 2.24) is 15.2 Å². The molecule has 1 saturated heterocycles. The summed E-state index contributed by atoms with van der Waals surface area (Å²) in [5.41, 5.74) is 1.43. The number of carbonyl (C=O) groups is 1. The molecule has 1 amide bonds. The Labute approximate surface area is 178 Å². The molecule has 7 nitrogen and oxygen atoms in total. The Morgan fingerprint density at radius 2 is 2.10 bits per heavy atom. The van der Waals surface area contributed by atoms with Gasteiger partial charge in [-0.25, -0.2) is 4.98 Å². The molecule has 0 radical (unpaired) electrons. The van der Waals surface area contributed by atoms with Gasteiger partial charge in [0, 0.05) is 24.2 Å². The number of likely N-dealkylation sites (tertiary alicyclic amines) is 1. The molecular weight excluding hydrogens is 378 g/mol. The van der Waals surface area contributed by atoms with Crippen molar-refractivity contribution >= 4 is 11.7 Å². The maximum atomic E-state index is 12.5. The number of benzene rings is 1. The fourth-order valence-electron chi connectivity index (χ4n) is 3.53. The van der Waals surface area contributed by atoms with Gasteiger partial charge in [0.15, 0.2) is 0 Å². The molecule has 0 bridgehead atoms. The van der Waals surface area contributed by atoms with Crippen molar-refractivity contribution in [1.29, 1.82) is 5.26 Å². The van der Waals surface area contributed by atoms with Crippen LogP contribution in [0, 0.1) is 11.3 Å². The van der Waals surface area contributed by atoms with Crippen LogP contribution < -0.4 is 15.4 Å². The van der Waals surface area contributed by atoms with E-state index in [1.807, 2.05) is 56.3 Å². The summed E-state index contributed by atoms with van der Waals surface area (Å²) in [4.78, 5) is 18.8. The molecule has 2 aromatic rings. The Bertz CT molecular complexity index is 922. The molecule has 0 unspecified atom stereocenters. The maximum absolute atomic E-state index is 12.5. The average Bonchev–Trinajstić information content (AvgIpc) is 3.25. The van der Waals surface area contributed by atoms with Gasteiger partial charge in [-0.3, -0.25) is 4.79 Å². The summed E-state index contributed by atoms with van der Waals surface area (Å²) in [6, 6.07) is 15.5. The molecule has 158 valence electrons. The number of hydrogen-bond acceptors (Lipinski definition) is 6. The van der Waals surface area contributed by atoms with Gasteiger partial charge < -0.3 is 20.3 Å². The maximum Gasteiger partial charge on any atom is 0.237 e. The Morgan fingerprint density at radius 1 is 1.30 bits per heavy atom. The van der Waals surface area contributed by atoms with E-state index in [2.05, 4.69) is 16.7 Å². The summed E-state index contributed by atoms with van der Waals surface area (Å²) in [5, 5.41) is 15.8. The van der Waals surface area contributed by atoms with Crippen molar-refractivity contribution in [2.24, 2.45) is 0 Å². The highest BCUT2D eigenvalue weighted by Gasteiger charge is 2.29. The summed E-state index contributed by atoms with van der Waals surface area (Å²) in [7, 11) is 1.65. The van der Waals surface area contributed by atoms with E-state index in [-0.39, 0.29) is 24.0 Å². The standard InChI is InChI=1S/C23H29N5O2/c1-23(2,26-15-22(29)28-13-7-8-17(28)14-24)16-25-21-12-6-10-19(27-21)18-9-4-5-11-20(18)30-3/h4-6,9-12,17,26H,7-8,13,15-16H2,1-3H3,(H,25,27)/t17-/m0/s1. The molecule has 3 rings (SSSR count). The fourth-order valence-corrected chi connectivity index (χ4v) is 3.53. The smallest absolute Gasteiger partial charge is 0.237 e. The van der Waals surface area contributed by atoms with Gasteiger partial charge >= 0.3 is 0 Å². The molecule has 7 heteroatoms. The average molecular weight is 408 g/mol. The molecular formula is C23H29N5O2. The predicted molar refractivity (Wildman–Crippen MR) is 117 cm³/mol. The fraction of sp³-hybridized carbons (Fsp3) is 0.435. The number of ether oxygens (including phenoxy) is 1. The molecule has 0 saturated carbocycles. The third kappa shape index (κ3) is 5.28. The van der Waals surface area contributed by atoms with Crippen LogP contribution in [0.15, 0.2) is 42.5 Å². The summed E-state index contributed by atoms with van der Waals surface area (Å²) in [5.74, 6) is 1.51. The van der Waals surface area contributed by atoms with Gasteiger partial charge in [-0.05, 0) is 51.0 Å². The predicted octanol–water partition coefficient (Wildman–Crippen LogP) is 3.05. The third-order valence-electron chi connectivity index (χ3n) is 5.28. The number of hydrogen-bond donors (Lipinski definition) is 2. The van der Waals surface area contributed by atoms with Crippen LogP contribution in [0.25, 0.3) is 11.3 Å². The highest BCUT2D eigenvalue weighted by Crippen LogP contribution is 2.28. The first-order chi connectivity index (χ1) is 14.4. The number of nitriles is 1. The van der Waals surface area contributed by atoms with E-state index >= 15 is 0 Å². The molecule has 1 atom stereocenters. The molecule has 1 aromatic carbocycles. The zero-order valence-corrected chi connectivity index (χ0v) is 17.8. The second-order valence-corrected chi connectivity index (χ2v) is 8.07. The number of para-hydroxylation sites is 1. The zero-order chi connectivity index (χ0) is 21.6. The highest BCUT2D eigenvalue weighted by atomic mass is 16.5. The minimum absolute atomic E-state index is 0.0246. The van der Waals surface area contributed by atoms with Crippen LogP contribution in [0.5, 0.6) is 5.75 Å². The van der Waals surface area contributed by atoms with E-state index in [1.165, 1.54) is 0 Å². The molecule has 30 heavy (non-hydrogen) atoms. The molecule has 1 aliphatic rings. The lowest BCUT2D eigenvalue weighted by Gasteiger charge is -2.28. The van der Waals surface area contributed by atoms with Gasteiger partial charge in [-0.2, -0.15) is 5.26 Å². The Kier molecular flexibility index (Phi) is 6.91. The molecule has 1 aromatic heterocycles. The van der Waals surface area contributed by atoms with Crippen molar-refractivity contribution in [2.75, 3.05) is 32.1 Å². The van der Waals surface area contributed by atoms with E-state index in [4.69, 9.17) is 9.72 Å². The second-order valence-electron chi connectivity index (χ2n) is 8.07. The molecule has 2 heterocycles. The van der Waals surface area contributed by atoms with E-state index < -0.39 is 0 Å². The second kappa shape index (κ2) is 9.59. The van der Waals surface area contributed by atoms with Crippen LogP contribution >= 0.6 is 0 Å². The Balaban J connectivity index is 1.58. The van der Waals surface area contributed by atoms with Crippen LogP contribution in [-0.4, -0.2) is 54.1 Å². The molecule has 2 N–H and O–H groups in total. The summed E-state index contributed by atoms with van der Waals surface area (Å²) < 4.78 is 5.44. The summed E-state index contributed by atoms with van der Waals surface area (Å²) in [6.45, 7) is 5.52. The van der Waals surface area contributed by atoms with Crippen molar-refractivity contribution in [2.45, 2.75) is 38.3 Å². The van der Waals surface area contributed by atoms with Crippen molar-refractivity contribution in [3.8, 4) is 23.1 Å². The number of nitrogens with one attached hydrogen (secondary N) is 2. The number of amides is 1. The number of rotatable bonds is 8. The lowest BCUT2D eigenvalue weighted by atomic mass is 10.1. The van der Waals surface area contributed by atoms with E-state index in [0.29, 0.717) is 13.1 Å². The first kappa shape index (κ1) is 21.6. The molecule has 1 fully saturated rings. The SMILES string of the molecule is COc1ccccc1-c1cccc(NCC(C)(C)NCC(=O)N2CCC[C@H]2C#N)n1. The largest absolute Gasteiger partial charge is 0.496 e. The van der Waals surface area contributed by atoms with E-state index in [9.17, 15) is 10.1 Å². The third-order valence-corrected chi connectivity index (χ3v) is 5.28. The van der Waals surface area contributed by atoms with E-state index in [0.717, 1.165) is 35.7 Å². The van der Waals surface area contributed by atoms with Crippen molar-refractivity contribution < 1.29 is 9.53 Å². The Hall–Kier alpha value is -3.11. The molecule has 0 aliphatic carbocycles. The van der Waals surface area contributed by atoms with Crippen LogP contribution in [0.3, 0.4) is 0 Å². The number of pyridine rings is 1. The molecule has 0 spiro atoms. The number of methoxy groups -OCH3 is 1. The van der Waals surface area contributed by atoms with Gasteiger partial charge in [0.25, 0.3) is 0 Å². The van der Waals surface area contributed by atoms with Crippen LogP contribution in [0.1, 0.15) is 26.7 Å². The normalized spacial score (nSPS) is 16.2. The zero-order valence-electron chi connectivity index (χ0n) is 17.8. The van der Waals surface area contributed by atoms with Crippen LogP contribution in [0.2, 0.25) is 0 Å². The number of carbonyl (C=O) groups excluding carboxylic acids is 1. The topological polar surface area (TPSA) is 90.3 Å². The minimum atomic E-state index is -0.334. The Morgan fingerprint density at radius 3 is 2.87 bits per heavy atom. The lowest BCUT2D eigenvalue weighted by Crippen LogP contribution is -2.50. The van der Waals surface area contributed by atoms with Gasteiger partial charge in [0.05, 0.1) is 25.4 Å². The van der Waals surface area contributed by atoms with Crippen LogP contribution in [-0.2, 0) is 4.79 Å². The van der Waals surface area contributed by atoms with Crippen molar-refractivity contribution in [3.63, 3.8) is 0 Å². The number of aromatic nitrogens is 1. The number of anilines is 1. The van der Waals surface area contributed by atoms with Crippen molar-refractivity contribution in [3.05, 3.63) is 42.5 Å². The first-order valence-corrected chi connectivity index (χ1v) is 10.2. The van der Waals surface area contributed by atoms with Gasteiger partial charge in [-0.1, -0.05) is 18.2 Å². The number of nitrogens with zero attached hydrogens (tertiary/aromatic N) is 3. The van der Waals surface area contributed by atoms with Crippen LogP contribution in [0.4, 0.5) is 5.82 Å². The minimum Gasteiger partial charge on any atom is -0.496 e. The quantitative estimate of drug-likeness (QED) is 0.699. The lowest BCUT2D eigenvalue weighted by molar-refractivity contribution is -0.130. The molecule has 1 aliphatic heterocycles. The summed E-state index contributed by atoms with van der Waals surface area (Å²) in [6.07, 6.45) is 1.66. The van der Waals surface area contributed by atoms with E-state index in [1.54, 1.807) is 12.0 Å². The monoisotopic (exact) mass is 407 g/mol. The highest BCUT2D eigenvalue weighted by molar-refractivity contribution is 5.79. The van der Waals surface area contributed by atoms with Gasteiger partial charge in [0.2, 0.25) is 5.91 Å². The van der Waals surface area contributed by atoms with Gasteiger partial charge in [-0.15, -0.1) is 0 Å². The van der Waals surface area contributed by atoms with Gasteiger partial charge in [0.1, 0.15) is 17.6 Å².